The summed E-state index contributed by atoms with van der Waals surface area (Å²) in [5.41, 5.74) is 0.862. The molecule has 0 bridgehead atoms. The fourth-order valence-electron chi connectivity index (χ4n) is 2.97. The summed E-state index contributed by atoms with van der Waals surface area (Å²) in [6, 6.07) is 8.96. The maximum Gasteiger partial charge on any atom is 0.250 e. The first kappa shape index (κ1) is 14.1. The molecule has 0 radical (unpaired) electrons. The maximum atomic E-state index is 12.8. The van der Waals surface area contributed by atoms with Crippen molar-refractivity contribution in [3.63, 3.8) is 0 Å². The molecule has 1 saturated carbocycles. The number of benzene rings is 1. The van der Waals surface area contributed by atoms with Gasteiger partial charge in [-0.15, -0.1) is 0 Å². The highest BCUT2D eigenvalue weighted by atomic mass is 16.2. The van der Waals surface area contributed by atoms with E-state index in [9.17, 15) is 9.59 Å². The third-order valence-corrected chi connectivity index (χ3v) is 4.46. The van der Waals surface area contributed by atoms with E-state index >= 15 is 0 Å². The Labute approximate surface area is 125 Å². The minimum Gasteiger partial charge on any atom is -0.340 e. The molecule has 0 aromatic heterocycles. The van der Waals surface area contributed by atoms with E-state index in [2.05, 4.69) is 5.32 Å². The molecule has 1 aliphatic carbocycles. The Balaban J connectivity index is 1.81. The Kier molecular flexibility index (Phi) is 3.95. The van der Waals surface area contributed by atoms with Crippen LogP contribution in [-0.4, -0.2) is 29.3 Å². The van der Waals surface area contributed by atoms with E-state index in [0.717, 1.165) is 24.4 Å². The van der Waals surface area contributed by atoms with Crippen LogP contribution in [0, 0.1) is 5.92 Å². The number of carbonyl (C=O) groups excluding carboxylic acids is 2. The molecular weight excluding hydrogens is 264 g/mol. The van der Waals surface area contributed by atoms with Gasteiger partial charge in [0.25, 0.3) is 0 Å². The van der Waals surface area contributed by atoms with E-state index in [4.69, 9.17) is 0 Å². The van der Waals surface area contributed by atoms with Gasteiger partial charge in [-0.25, -0.2) is 0 Å². The van der Waals surface area contributed by atoms with E-state index in [0.29, 0.717) is 6.42 Å². The zero-order chi connectivity index (χ0) is 14.8. The van der Waals surface area contributed by atoms with Gasteiger partial charge in [-0.3, -0.25) is 9.59 Å². The van der Waals surface area contributed by atoms with Crippen molar-refractivity contribution in [1.82, 2.24) is 10.2 Å². The smallest absolute Gasteiger partial charge is 0.250 e. The van der Waals surface area contributed by atoms with Crippen LogP contribution in [0.1, 0.15) is 44.2 Å². The molecule has 3 rings (SSSR count). The zero-order valence-corrected chi connectivity index (χ0v) is 12.4. The van der Waals surface area contributed by atoms with E-state index in [-0.39, 0.29) is 17.9 Å². The van der Waals surface area contributed by atoms with Crippen molar-refractivity contribution in [3.8, 4) is 0 Å². The SMILES string of the molecule is CC1CC(=O)NC(c2ccccc2)C(=O)N1CCC1CC1. The number of hydrogen-bond donors (Lipinski definition) is 1. The number of carbonyl (C=O) groups is 2. The van der Waals surface area contributed by atoms with Gasteiger partial charge in [-0.05, 0) is 24.8 Å². The summed E-state index contributed by atoms with van der Waals surface area (Å²) in [5, 5.41) is 2.88. The van der Waals surface area contributed by atoms with Crippen LogP contribution in [0.2, 0.25) is 0 Å². The fraction of sp³-hybridized carbons (Fsp3) is 0.529. The number of hydrogen-bond acceptors (Lipinski definition) is 2. The molecule has 2 fully saturated rings. The summed E-state index contributed by atoms with van der Waals surface area (Å²) in [6.45, 7) is 2.74. The van der Waals surface area contributed by atoms with Gasteiger partial charge in [0.1, 0.15) is 6.04 Å². The number of amides is 2. The van der Waals surface area contributed by atoms with Crippen LogP contribution in [0.15, 0.2) is 30.3 Å². The second-order valence-electron chi connectivity index (χ2n) is 6.23. The minimum absolute atomic E-state index is 0.0232. The van der Waals surface area contributed by atoms with Gasteiger partial charge in [-0.2, -0.15) is 0 Å². The second kappa shape index (κ2) is 5.88. The predicted molar refractivity (Wildman–Crippen MR) is 80.5 cm³/mol. The van der Waals surface area contributed by atoms with Gasteiger partial charge in [0.2, 0.25) is 11.8 Å². The lowest BCUT2D eigenvalue weighted by Gasteiger charge is -2.29. The third kappa shape index (κ3) is 3.26. The van der Waals surface area contributed by atoms with Crippen LogP contribution in [0.25, 0.3) is 0 Å². The average molecular weight is 286 g/mol. The Morgan fingerprint density at radius 3 is 2.57 bits per heavy atom. The highest BCUT2D eigenvalue weighted by Crippen LogP contribution is 2.33. The first-order valence-electron chi connectivity index (χ1n) is 7.80. The normalized spacial score (nSPS) is 26.4. The van der Waals surface area contributed by atoms with E-state index in [1.165, 1.54) is 12.8 Å². The van der Waals surface area contributed by atoms with Crippen LogP contribution in [0.4, 0.5) is 0 Å². The molecule has 1 saturated heterocycles. The Morgan fingerprint density at radius 1 is 1.19 bits per heavy atom. The van der Waals surface area contributed by atoms with Crippen molar-refractivity contribution in [1.29, 1.82) is 0 Å². The molecule has 2 amide bonds. The summed E-state index contributed by atoms with van der Waals surface area (Å²) < 4.78 is 0. The van der Waals surface area contributed by atoms with E-state index < -0.39 is 6.04 Å². The van der Waals surface area contributed by atoms with Crippen LogP contribution in [0.5, 0.6) is 0 Å². The second-order valence-corrected chi connectivity index (χ2v) is 6.23. The Hall–Kier alpha value is -1.84. The maximum absolute atomic E-state index is 12.8. The highest BCUT2D eigenvalue weighted by molar-refractivity contribution is 5.91. The van der Waals surface area contributed by atoms with E-state index in [1.54, 1.807) is 0 Å². The summed E-state index contributed by atoms with van der Waals surface area (Å²) in [4.78, 5) is 26.8. The molecule has 21 heavy (non-hydrogen) atoms. The summed E-state index contributed by atoms with van der Waals surface area (Å²) in [5.74, 6) is 0.769. The van der Waals surface area contributed by atoms with Gasteiger partial charge in [0.05, 0.1) is 0 Å². The first-order valence-corrected chi connectivity index (χ1v) is 7.80. The molecule has 2 aliphatic rings. The monoisotopic (exact) mass is 286 g/mol. The summed E-state index contributed by atoms with van der Waals surface area (Å²) >= 11 is 0. The van der Waals surface area contributed by atoms with Gasteiger partial charge in [-0.1, -0.05) is 43.2 Å². The molecule has 1 aromatic rings. The first-order chi connectivity index (χ1) is 10.1. The molecule has 112 valence electrons. The molecule has 1 aliphatic heterocycles. The largest absolute Gasteiger partial charge is 0.340 e. The quantitative estimate of drug-likeness (QED) is 0.923. The molecule has 0 spiro atoms. The van der Waals surface area contributed by atoms with Crippen molar-refractivity contribution < 1.29 is 9.59 Å². The van der Waals surface area contributed by atoms with Gasteiger partial charge >= 0.3 is 0 Å². The van der Waals surface area contributed by atoms with Crippen molar-refractivity contribution in [3.05, 3.63) is 35.9 Å². The Bertz CT molecular complexity index is 525. The van der Waals surface area contributed by atoms with Gasteiger partial charge in [0.15, 0.2) is 0 Å². The lowest BCUT2D eigenvalue weighted by molar-refractivity contribution is -0.135. The van der Waals surface area contributed by atoms with Gasteiger partial charge in [0, 0.05) is 19.0 Å². The zero-order valence-electron chi connectivity index (χ0n) is 12.4. The number of nitrogens with zero attached hydrogens (tertiary/aromatic N) is 1. The molecule has 1 N–H and O–H groups in total. The lowest BCUT2D eigenvalue weighted by Crippen LogP contribution is -2.42. The molecule has 4 heteroatoms. The lowest BCUT2D eigenvalue weighted by atomic mass is 10.1. The summed E-state index contributed by atoms with van der Waals surface area (Å²) in [6.07, 6.45) is 4.02. The molecule has 4 nitrogen and oxygen atoms in total. The predicted octanol–water partition coefficient (Wildman–Crippen LogP) is 2.26. The molecule has 1 heterocycles. The van der Waals surface area contributed by atoms with Gasteiger partial charge < -0.3 is 10.2 Å². The van der Waals surface area contributed by atoms with Crippen molar-refractivity contribution in [2.24, 2.45) is 5.92 Å². The van der Waals surface area contributed by atoms with Crippen LogP contribution in [0.3, 0.4) is 0 Å². The standard InChI is InChI=1S/C17H22N2O2/c1-12-11-15(20)18-16(14-5-3-2-4-6-14)17(21)19(12)10-9-13-7-8-13/h2-6,12-13,16H,7-11H2,1H3,(H,18,20). The third-order valence-electron chi connectivity index (χ3n) is 4.46. The van der Waals surface area contributed by atoms with Crippen molar-refractivity contribution in [2.75, 3.05) is 6.54 Å². The molecule has 2 atom stereocenters. The molecule has 2 unspecified atom stereocenters. The van der Waals surface area contributed by atoms with Crippen LogP contribution >= 0.6 is 0 Å². The number of nitrogens with one attached hydrogen (secondary N) is 1. The summed E-state index contributed by atoms with van der Waals surface area (Å²) in [7, 11) is 0. The average Bonchev–Trinajstić information content (AvgIpc) is 3.29. The Morgan fingerprint density at radius 2 is 1.90 bits per heavy atom. The van der Waals surface area contributed by atoms with Crippen LogP contribution < -0.4 is 5.32 Å². The number of rotatable bonds is 4. The fourth-order valence-corrected chi connectivity index (χ4v) is 2.97. The molecule has 1 aromatic carbocycles. The topological polar surface area (TPSA) is 49.4 Å². The van der Waals surface area contributed by atoms with E-state index in [1.807, 2.05) is 42.2 Å². The van der Waals surface area contributed by atoms with Crippen molar-refractivity contribution in [2.45, 2.75) is 44.7 Å². The minimum atomic E-state index is -0.539. The van der Waals surface area contributed by atoms with Crippen molar-refractivity contribution >= 4 is 11.8 Å². The molecular formula is C17H22N2O2. The highest BCUT2D eigenvalue weighted by Gasteiger charge is 2.35. The van der Waals surface area contributed by atoms with Crippen LogP contribution in [-0.2, 0) is 9.59 Å².